The topological polar surface area (TPSA) is 0 Å². The van der Waals surface area contributed by atoms with Crippen molar-refractivity contribution in [3.8, 4) is 0 Å². The van der Waals surface area contributed by atoms with E-state index in [0.29, 0.717) is 9.52 Å². The fraction of sp³-hybridized carbons (Fsp3) is 0.111. The smallest absolute Gasteiger partial charge is 0.0750 e. The summed E-state index contributed by atoms with van der Waals surface area (Å²) < 4.78 is 0. The van der Waals surface area contributed by atoms with Crippen LogP contribution in [0.1, 0.15) is 11.1 Å². The second-order valence-corrected chi connectivity index (χ2v) is 5.66. The van der Waals surface area contributed by atoms with Gasteiger partial charge in [0, 0.05) is 9.52 Å². The van der Waals surface area contributed by atoms with E-state index in [1.54, 1.807) is 0 Å². The Morgan fingerprint density at radius 3 is 1.25 bits per heavy atom. The van der Waals surface area contributed by atoms with E-state index in [1.165, 1.54) is 11.1 Å². The van der Waals surface area contributed by atoms with Gasteiger partial charge >= 0.3 is 21.7 Å². The molecule has 2 rings (SSSR count). The fourth-order valence-electron chi connectivity index (χ4n) is 1.46. The summed E-state index contributed by atoms with van der Waals surface area (Å²) in [6, 6.07) is 20.6. The van der Waals surface area contributed by atoms with E-state index >= 15 is 0 Å². The summed E-state index contributed by atoms with van der Waals surface area (Å²) >= 11 is 0. The molecule has 0 nitrogen and oxygen atoms in total. The summed E-state index contributed by atoms with van der Waals surface area (Å²) in [5.74, 6) is 0. The first-order valence-electron chi connectivity index (χ1n) is 6.81. The predicted octanol–water partition coefficient (Wildman–Crippen LogP) is 4.66. The van der Waals surface area contributed by atoms with Crippen LogP contribution in [0.15, 0.2) is 72.8 Å². The zero-order valence-electron chi connectivity index (χ0n) is 12.3. The molecule has 2 aromatic rings. The average Bonchev–Trinajstić information content (AvgIpc) is 2.47. The van der Waals surface area contributed by atoms with E-state index in [-0.39, 0.29) is 21.7 Å². The molecule has 100 valence electrons. The Balaban J connectivity index is 0.000000830. The number of hydrogen-bond donors (Lipinski definition) is 0. The first-order chi connectivity index (χ1) is 9.36. The van der Waals surface area contributed by atoms with E-state index in [0.717, 1.165) is 0 Å². The summed E-state index contributed by atoms with van der Waals surface area (Å²) in [7, 11) is 0.417. The van der Waals surface area contributed by atoms with E-state index in [4.69, 9.17) is 0 Å². The minimum absolute atomic E-state index is 0. The summed E-state index contributed by atoms with van der Waals surface area (Å²) in [5, 5.41) is 0. The quantitative estimate of drug-likeness (QED) is 0.571. The molecule has 0 N–H and O–H groups in total. The van der Waals surface area contributed by atoms with Crippen molar-refractivity contribution < 1.29 is 21.7 Å². The molecule has 0 aliphatic rings. The Labute approximate surface area is 140 Å². The van der Waals surface area contributed by atoms with Crippen molar-refractivity contribution in [1.82, 2.24) is 0 Å². The number of hydrogen-bond acceptors (Lipinski definition) is 0. The summed E-state index contributed by atoms with van der Waals surface area (Å²) in [5.41, 5.74) is 2.44. The van der Waals surface area contributed by atoms with Crippen molar-refractivity contribution in [2.75, 3.05) is 0 Å². The maximum absolute atomic E-state index is 2.26. The molecular weight excluding hydrogens is 292 g/mol. The van der Waals surface area contributed by atoms with Crippen molar-refractivity contribution >= 4 is 21.7 Å². The van der Waals surface area contributed by atoms with Crippen LogP contribution in [0.2, 0.25) is 13.1 Å². The van der Waals surface area contributed by atoms with Crippen LogP contribution in [0.5, 0.6) is 0 Å². The molecule has 0 heterocycles. The molecule has 0 saturated carbocycles. The first kappa shape index (κ1) is 18.9. The summed E-state index contributed by atoms with van der Waals surface area (Å²) in [6.07, 6.45) is 8.31. The average molecular weight is 314 g/mol. The molecule has 2 heteroatoms. The molecule has 0 fully saturated rings. The van der Waals surface area contributed by atoms with Crippen LogP contribution < -0.4 is 0 Å². The largest absolute Gasteiger partial charge is 2.00 e. The molecule has 20 heavy (non-hydrogen) atoms. The van der Waals surface area contributed by atoms with Crippen LogP contribution in [0, 0.1) is 0 Å². The van der Waals surface area contributed by atoms with Gasteiger partial charge in [-0.3, -0.25) is 0 Å². The van der Waals surface area contributed by atoms with Gasteiger partial charge in [-0.05, 0) is 11.1 Å². The van der Waals surface area contributed by atoms with Gasteiger partial charge in [0.15, 0.2) is 0 Å². The van der Waals surface area contributed by atoms with E-state index in [2.05, 4.69) is 61.7 Å². The molecular formula is C18H22SiTi+2. The van der Waals surface area contributed by atoms with Gasteiger partial charge in [-0.1, -0.05) is 98.1 Å². The third-order valence-electron chi connectivity index (χ3n) is 2.29. The third-order valence-corrected chi connectivity index (χ3v) is 2.29. The number of allylic oxidation sites excluding steroid dienone is 2. The minimum Gasteiger partial charge on any atom is -0.0750 e. The standard InChI is InChI=1S/C16H14.C2H8Si.Ti/c1-3-9-15(10-4-1)13-7-8-14-16-11-5-2-6-12-16;1-3-2;/h1-14H;3H2,1-2H3;/q;;+2. The van der Waals surface area contributed by atoms with Gasteiger partial charge in [-0.25, -0.2) is 0 Å². The normalized spacial score (nSPS) is 9.90. The molecule has 0 aromatic heterocycles. The van der Waals surface area contributed by atoms with Gasteiger partial charge in [0.25, 0.3) is 0 Å². The maximum atomic E-state index is 2.26. The second-order valence-electron chi connectivity index (χ2n) is 4.25. The van der Waals surface area contributed by atoms with Crippen molar-refractivity contribution in [3.05, 3.63) is 83.9 Å². The van der Waals surface area contributed by atoms with Crippen LogP contribution in [-0.2, 0) is 21.7 Å². The molecule has 2 aromatic carbocycles. The van der Waals surface area contributed by atoms with Gasteiger partial charge in [0.1, 0.15) is 0 Å². The first-order valence-corrected chi connectivity index (χ1v) is 9.64. The van der Waals surface area contributed by atoms with Crippen molar-refractivity contribution in [2.45, 2.75) is 13.1 Å². The molecule has 0 spiro atoms. The SMILES string of the molecule is C(C=Cc1ccccc1)=Cc1ccccc1.C[SiH2]C.[Ti+2]. The molecule has 0 radical (unpaired) electrons. The molecule has 0 unspecified atom stereocenters. The van der Waals surface area contributed by atoms with Crippen molar-refractivity contribution in [2.24, 2.45) is 0 Å². The summed E-state index contributed by atoms with van der Waals surface area (Å²) in [4.78, 5) is 0. The van der Waals surface area contributed by atoms with Crippen LogP contribution in [0.25, 0.3) is 12.2 Å². The van der Waals surface area contributed by atoms with Gasteiger partial charge in [-0.15, -0.1) is 0 Å². The number of benzene rings is 2. The van der Waals surface area contributed by atoms with E-state index in [9.17, 15) is 0 Å². The van der Waals surface area contributed by atoms with Crippen LogP contribution in [0.3, 0.4) is 0 Å². The molecule has 0 amide bonds. The zero-order chi connectivity index (χ0) is 13.8. The Kier molecular flexibility index (Phi) is 12.1. The van der Waals surface area contributed by atoms with E-state index < -0.39 is 0 Å². The van der Waals surface area contributed by atoms with Crippen LogP contribution >= 0.6 is 0 Å². The van der Waals surface area contributed by atoms with Crippen LogP contribution in [-0.4, -0.2) is 9.52 Å². The molecule has 0 aliphatic carbocycles. The second kappa shape index (κ2) is 12.9. The van der Waals surface area contributed by atoms with Gasteiger partial charge < -0.3 is 0 Å². The molecule has 0 bridgehead atoms. The minimum atomic E-state index is 0. The molecule has 0 atom stereocenters. The Bertz CT molecular complexity index is 442. The maximum Gasteiger partial charge on any atom is 2.00 e. The van der Waals surface area contributed by atoms with Crippen molar-refractivity contribution in [3.63, 3.8) is 0 Å². The summed E-state index contributed by atoms with van der Waals surface area (Å²) in [6.45, 7) is 4.53. The zero-order valence-corrected chi connectivity index (χ0v) is 15.3. The molecule has 0 saturated heterocycles. The Hall–Kier alpha value is -1.15. The Morgan fingerprint density at radius 1 is 0.650 bits per heavy atom. The van der Waals surface area contributed by atoms with Gasteiger partial charge in [0.2, 0.25) is 0 Å². The van der Waals surface area contributed by atoms with Crippen molar-refractivity contribution in [1.29, 1.82) is 0 Å². The molecule has 0 aliphatic heterocycles. The van der Waals surface area contributed by atoms with Crippen LogP contribution in [0.4, 0.5) is 0 Å². The van der Waals surface area contributed by atoms with Gasteiger partial charge in [-0.2, -0.15) is 0 Å². The van der Waals surface area contributed by atoms with Gasteiger partial charge in [0.05, 0.1) is 0 Å². The Morgan fingerprint density at radius 2 is 0.950 bits per heavy atom. The predicted molar refractivity (Wildman–Crippen MR) is 91.2 cm³/mol. The monoisotopic (exact) mass is 314 g/mol. The fourth-order valence-corrected chi connectivity index (χ4v) is 1.46. The van der Waals surface area contributed by atoms with E-state index in [1.807, 2.05) is 36.4 Å². The third kappa shape index (κ3) is 8.87. The number of rotatable bonds is 3.